The smallest absolute Gasteiger partial charge is 0.183 e. The highest BCUT2D eigenvalue weighted by molar-refractivity contribution is 5.84. The predicted octanol–water partition coefficient (Wildman–Crippen LogP) is 3.31. The number of para-hydroxylation sites is 3. The zero-order chi connectivity index (χ0) is 11.9. The minimum Gasteiger partial charge on any atom is -0.341 e. The lowest BCUT2D eigenvalue weighted by Gasteiger charge is -1.98. The van der Waals surface area contributed by atoms with Gasteiger partial charge in [-0.1, -0.05) is 30.3 Å². The van der Waals surface area contributed by atoms with Gasteiger partial charge < -0.3 is 4.98 Å². The molecule has 0 fully saturated rings. The van der Waals surface area contributed by atoms with Crippen LogP contribution in [0.5, 0.6) is 0 Å². The molecule has 0 aliphatic heterocycles. The van der Waals surface area contributed by atoms with Crippen molar-refractivity contribution in [1.29, 1.82) is 0 Å². The maximum Gasteiger partial charge on any atom is 0.183 e. The Bertz CT molecular complexity index is 806. The molecule has 3 nitrogen and oxygen atoms in total. The first-order valence-electron chi connectivity index (χ1n) is 5.85. The van der Waals surface area contributed by atoms with E-state index in [1.165, 1.54) is 5.39 Å². The van der Waals surface area contributed by atoms with Crippen molar-refractivity contribution in [2.24, 2.45) is 0 Å². The van der Waals surface area contributed by atoms with Crippen LogP contribution >= 0.6 is 0 Å². The van der Waals surface area contributed by atoms with Crippen LogP contribution in [-0.4, -0.2) is 14.5 Å². The molecule has 3 heteroatoms. The molecular formula is C15H10N3. The van der Waals surface area contributed by atoms with E-state index >= 15 is 0 Å². The summed E-state index contributed by atoms with van der Waals surface area (Å²) in [5.41, 5.74) is 3.14. The number of aromatic amines is 1. The molecule has 1 N–H and O–H groups in total. The Morgan fingerprint density at radius 2 is 1.83 bits per heavy atom. The van der Waals surface area contributed by atoms with E-state index in [1.54, 1.807) is 0 Å². The normalized spacial score (nSPS) is 11.3. The van der Waals surface area contributed by atoms with E-state index in [4.69, 9.17) is 0 Å². The van der Waals surface area contributed by atoms with E-state index < -0.39 is 0 Å². The Kier molecular flexibility index (Phi) is 1.83. The molecule has 0 spiro atoms. The van der Waals surface area contributed by atoms with Gasteiger partial charge in [0.15, 0.2) is 6.33 Å². The summed E-state index contributed by atoms with van der Waals surface area (Å²) in [7, 11) is 0. The van der Waals surface area contributed by atoms with Crippen molar-refractivity contribution in [3.8, 4) is 5.82 Å². The fourth-order valence-corrected chi connectivity index (χ4v) is 2.27. The highest BCUT2D eigenvalue weighted by Crippen LogP contribution is 2.21. The fraction of sp³-hybridized carbons (Fsp3) is 0. The minimum atomic E-state index is 0.955. The fourth-order valence-electron chi connectivity index (χ4n) is 2.27. The predicted molar refractivity (Wildman–Crippen MR) is 71.8 cm³/mol. The van der Waals surface area contributed by atoms with Crippen LogP contribution in [0.15, 0.2) is 54.6 Å². The molecule has 1 radical (unpaired) electrons. The van der Waals surface area contributed by atoms with Crippen molar-refractivity contribution in [3.63, 3.8) is 0 Å². The first-order valence-corrected chi connectivity index (χ1v) is 5.85. The highest BCUT2D eigenvalue weighted by atomic mass is 15.1. The molecule has 2 heterocycles. The van der Waals surface area contributed by atoms with Gasteiger partial charge in [-0.3, -0.25) is 4.57 Å². The third-order valence-electron chi connectivity index (χ3n) is 3.15. The van der Waals surface area contributed by atoms with Crippen LogP contribution < -0.4 is 0 Å². The lowest BCUT2D eigenvalue weighted by molar-refractivity contribution is 1.04. The number of hydrogen-bond acceptors (Lipinski definition) is 1. The first-order chi connectivity index (χ1) is 8.92. The first kappa shape index (κ1) is 9.48. The summed E-state index contributed by atoms with van der Waals surface area (Å²) in [5.74, 6) is 0.991. The van der Waals surface area contributed by atoms with Gasteiger partial charge in [-0.05, 0) is 24.3 Å². The van der Waals surface area contributed by atoms with E-state index in [0.717, 1.165) is 22.4 Å². The molecule has 0 aliphatic carbocycles. The summed E-state index contributed by atoms with van der Waals surface area (Å²) in [6.45, 7) is 0. The standard InChI is InChI=1S/C15H10N3/c1-2-6-12-11(5-1)9-15(17-12)18-10-16-13-7-3-4-8-14(13)18/h1-9,17H. The van der Waals surface area contributed by atoms with E-state index in [-0.39, 0.29) is 0 Å². The van der Waals surface area contributed by atoms with Crippen LogP contribution in [0.2, 0.25) is 0 Å². The van der Waals surface area contributed by atoms with Gasteiger partial charge in [-0.2, -0.15) is 0 Å². The Labute approximate surface area is 104 Å². The Morgan fingerprint density at radius 1 is 1.00 bits per heavy atom. The van der Waals surface area contributed by atoms with Gasteiger partial charge in [0.1, 0.15) is 5.82 Å². The molecular weight excluding hydrogens is 222 g/mol. The number of H-pyrrole nitrogens is 1. The molecule has 0 aliphatic rings. The number of aromatic nitrogens is 3. The molecule has 0 bridgehead atoms. The molecule has 4 aromatic rings. The van der Waals surface area contributed by atoms with Crippen LogP contribution in [0.3, 0.4) is 0 Å². The number of fused-ring (bicyclic) bond motifs is 2. The molecule has 0 saturated carbocycles. The van der Waals surface area contributed by atoms with Crippen molar-refractivity contribution in [3.05, 3.63) is 60.9 Å². The molecule has 0 atom stereocenters. The number of benzene rings is 2. The third-order valence-corrected chi connectivity index (χ3v) is 3.15. The number of nitrogens with one attached hydrogen (secondary N) is 1. The van der Waals surface area contributed by atoms with E-state index in [1.807, 2.05) is 41.0 Å². The summed E-state index contributed by atoms with van der Waals surface area (Å²) in [6, 6.07) is 18.4. The summed E-state index contributed by atoms with van der Waals surface area (Å²) in [4.78, 5) is 7.67. The maximum absolute atomic E-state index is 4.28. The van der Waals surface area contributed by atoms with Gasteiger partial charge in [0.25, 0.3) is 0 Å². The average Bonchev–Trinajstić information content (AvgIpc) is 3.02. The molecule has 2 aromatic carbocycles. The number of hydrogen-bond donors (Lipinski definition) is 1. The van der Waals surface area contributed by atoms with Crippen LogP contribution in [0.1, 0.15) is 0 Å². The van der Waals surface area contributed by atoms with Crippen molar-refractivity contribution >= 4 is 21.9 Å². The topological polar surface area (TPSA) is 33.6 Å². The quantitative estimate of drug-likeness (QED) is 0.536. The Hall–Kier alpha value is -2.55. The second kappa shape index (κ2) is 3.47. The second-order valence-corrected chi connectivity index (χ2v) is 4.28. The number of imidazole rings is 1. The Morgan fingerprint density at radius 3 is 2.78 bits per heavy atom. The zero-order valence-electron chi connectivity index (χ0n) is 9.59. The van der Waals surface area contributed by atoms with Crippen molar-refractivity contribution < 1.29 is 0 Å². The lowest BCUT2D eigenvalue weighted by atomic mass is 10.2. The molecule has 4 rings (SSSR count). The number of nitrogens with zero attached hydrogens (tertiary/aromatic N) is 2. The molecule has 0 saturated heterocycles. The van der Waals surface area contributed by atoms with Gasteiger partial charge in [-0.25, -0.2) is 4.98 Å². The zero-order valence-corrected chi connectivity index (χ0v) is 9.59. The van der Waals surface area contributed by atoms with Crippen molar-refractivity contribution in [2.75, 3.05) is 0 Å². The second-order valence-electron chi connectivity index (χ2n) is 4.28. The van der Waals surface area contributed by atoms with Crippen molar-refractivity contribution in [2.45, 2.75) is 0 Å². The van der Waals surface area contributed by atoms with Crippen molar-refractivity contribution in [1.82, 2.24) is 14.5 Å². The van der Waals surface area contributed by atoms with Crippen LogP contribution in [-0.2, 0) is 0 Å². The summed E-state index contributed by atoms with van der Waals surface area (Å²) in [6.07, 6.45) is 3.03. The largest absolute Gasteiger partial charge is 0.341 e. The summed E-state index contributed by atoms with van der Waals surface area (Å²) >= 11 is 0. The summed E-state index contributed by atoms with van der Waals surface area (Å²) < 4.78 is 1.95. The van der Waals surface area contributed by atoms with Crippen LogP contribution in [0.25, 0.3) is 27.8 Å². The molecule has 18 heavy (non-hydrogen) atoms. The molecule has 0 unspecified atom stereocenters. The average molecular weight is 232 g/mol. The van der Waals surface area contributed by atoms with E-state index in [9.17, 15) is 0 Å². The van der Waals surface area contributed by atoms with Gasteiger partial charge in [0, 0.05) is 10.9 Å². The van der Waals surface area contributed by atoms with Crippen LogP contribution in [0, 0.1) is 6.33 Å². The van der Waals surface area contributed by atoms with Gasteiger partial charge >= 0.3 is 0 Å². The lowest BCUT2D eigenvalue weighted by Crippen LogP contribution is -1.91. The molecule has 85 valence electrons. The number of rotatable bonds is 1. The molecule has 0 amide bonds. The summed E-state index contributed by atoms with van der Waals surface area (Å²) in [5, 5.41) is 1.19. The van der Waals surface area contributed by atoms with E-state index in [0.29, 0.717) is 0 Å². The maximum atomic E-state index is 4.28. The SMILES string of the molecule is [c]1nc2ccccc2n1-c1cc2ccccc2[nH]1. The minimum absolute atomic E-state index is 0.955. The van der Waals surface area contributed by atoms with Gasteiger partial charge in [0.05, 0.1) is 11.0 Å². The van der Waals surface area contributed by atoms with Gasteiger partial charge in [-0.15, -0.1) is 0 Å². The van der Waals surface area contributed by atoms with Gasteiger partial charge in [0.2, 0.25) is 0 Å². The van der Waals surface area contributed by atoms with E-state index in [2.05, 4.69) is 34.5 Å². The highest BCUT2D eigenvalue weighted by Gasteiger charge is 2.06. The van der Waals surface area contributed by atoms with Crippen LogP contribution in [0.4, 0.5) is 0 Å². The third kappa shape index (κ3) is 1.27. The Balaban J connectivity index is 2.01. The molecule has 2 aromatic heterocycles. The monoisotopic (exact) mass is 232 g/mol.